The van der Waals surface area contributed by atoms with Gasteiger partial charge in [0.2, 0.25) is 5.88 Å². The molecule has 1 aliphatic rings. The summed E-state index contributed by atoms with van der Waals surface area (Å²) in [4.78, 5) is 8.47. The molecular formula is C12H19N3O. The normalized spacial score (nSPS) is 26.7. The molecule has 16 heavy (non-hydrogen) atoms. The van der Waals surface area contributed by atoms with Gasteiger partial charge in [0, 0.05) is 12.4 Å². The van der Waals surface area contributed by atoms with Gasteiger partial charge in [0.15, 0.2) is 0 Å². The Kier molecular flexibility index (Phi) is 3.39. The van der Waals surface area contributed by atoms with E-state index in [1.165, 1.54) is 19.3 Å². The van der Waals surface area contributed by atoms with E-state index in [-0.39, 0.29) is 6.04 Å². The first-order valence-electron chi connectivity index (χ1n) is 5.84. The number of ether oxygens (including phenoxy) is 1. The summed E-state index contributed by atoms with van der Waals surface area (Å²) >= 11 is 0. The molecule has 1 aromatic rings. The van der Waals surface area contributed by atoms with Crippen molar-refractivity contribution in [2.75, 3.05) is 7.11 Å². The van der Waals surface area contributed by atoms with Crippen molar-refractivity contribution in [2.45, 2.75) is 32.2 Å². The number of methoxy groups -OCH3 is 1. The van der Waals surface area contributed by atoms with Gasteiger partial charge in [-0.1, -0.05) is 19.8 Å². The third kappa shape index (κ3) is 2.02. The first kappa shape index (κ1) is 11.3. The van der Waals surface area contributed by atoms with Gasteiger partial charge in [-0.05, 0) is 18.3 Å². The van der Waals surface area contributed by atoms with Crippen molar-refractivity contribution in [1.82, 2.24) is 9.97 Å². The first-order chi connectivity index (χ1) is 7.74. The van der Waals surface area contributed by atoms with Crippen LogP contribution < -0.4 is 10.5 Å². The summed E-state index contributed by atoms with van der Waals surface area (Å²) in [6.07, 6.45) is 7.02. The number of hydrogen-bond acceptors (Lipinski definition) is 4. The van der Waals surface area contributed by atoms with Crippen LogP contribution in [0.3, 0.4) is 0 Å². The van der Waals surface area contributed by atoms with Crippen LogP contribution in [0.1, 0.15) is 37.9 Å². The zero-order valence-electron chi connectivity index (χ0n) is 9.89. The molecule has 88 valence electrons. The molecule has 1 fully saturated rings. The molecule has 0 aromatic carbocycles. The molecule has 3 atom stereocenters. The molecule has 1 saturated carbocycles. The van der Waals surface area contributed by atoms with Crippen molar-refractivity contribution >= 4 is 0 Å². The van der Waals surface area contributed by atoms with E-state index in [0.717, 1.165) is 5.69 Å². The van der Waals surface area contributed by atoms with E-state index >= 15 is 0 Å². The number of nitrogens with zero attached hydrogens (tertiary/aromatic N) is 2. The maximum atomic E-state index is 6.28. The number of nitrogens with two attached hydrogens (primary N) is 1. The Morgan fingerprint density at radius 2 is 2.12 bits per heavy atom. The highest BCUT2D eigenvalue weighted by Gasteiger charge is 2.32. The highest BCUT2D eigenvalue weighted by Crippen LogP contribution is 2.39. The van der Waals surface area contributed by atoms with Gasteiger partial charge in [0.1, 0.15) is 5.69 Å². The fourth-order valence-electron chi connectivity index (χ4n) is 2.63. The van der Waals surface area contributed by atoms with Gasteiger partial charge >= 0.3 is 0 Å². The van der Waals surface area contributed by atoms with Crippen LogP contribution in [0.25, 0.3) is 0 Å². The molecule has 1 aromatic heterocycles. The second-order valence-electron chi connectivity index (χ2n) is 4.55. The Hall–Kier alpha value is -1.16. The molecule has 2 rings (SSSR count). The molecule has 0 bridgehead atoms. The standard InChI is InChI=1S/C12H19N3O/c1-8-4-3-5-9(8)10(13)11-12(16-2)15-7-6-14-11/h6-10H,3-5,13H2,1-2H3. The van der Waals surface area contributed by atoms with Gasteiger partial charge < -0.3 is 10.5 Å². The predicted octanol–water partition coefficient (Wildman–Crippen LogP) is 1.92. The van der Waals surface area contributed by atoms with Gasteiger partial charge in [-0.25, -0.2) is 4.98 Å². The Labute approximate surface area is 96.2 Å². The summed E-state index contributed by atoms with van der Waals surface area (Å²) in [5, 5.41) is 0. The van der Waals surface area contributed by atoms with E-state index < -0.39 is 0 Å². The molecular weight excluding hydrogens is 202 g/mol. The number of aromatic nitrogens is 2. The fourth-order valence-corrected chi connectivity index (χ4v) is 2.63. The Morgan fingerprint density at radius 1 is 1.38 bits per heavy atom. The van der Waals surface area contributed by atoms with E-state index in [2.05, 4.69) is 16.9 Å². The largest absolute Gasteiger partial charge is 0.480 e. The highest BCUT2D eigenvalue weighted by molar-refractivity contribution is 5.21. The summed E-state index contributed by atoms with van der Waals surface area (Å²) in [6, 6.07) is -0.0545. The van der Waals surface area contributed by atoms with E-state index in [4.69, 9.17) is 10.5 Å². The van der Waals surface area contributed by atoms with E-state index in [0.29, 0.717) is 17.7 Å². The fraction of sp³-hybridized carbons (Fsp3) is 0.667. The third-order valence-corrected chi connectivity index (χ3v) is 3.59. The molecule has 3 unspecified atom stereocenters. The zero-order valence-corrected chi connectivity index (χ0v) is 9.89. The van der Waals surface area contributed by atoms with Crippen molar-refractivity contribution in [1.29, 1.82) is 0 Å². The molecule has 0 amide bonds. The average molecular weight is 221 g/mol. The van der Waals surface area contributed by atoms with Gasteiger partial charge in [-0.2, -0.15) is 0 Å². The van der Waals surface area contributed by atoms with E-state index in [9.17, 15) is 0 Å². The van der Waals surface area contributed by atoms with Crippen LogP contribution in [0.5, 0.6) is 5.88 Å². The van der Waals surface area contributed by atoms with Crippen molar-refractivity contribution < 1.29 is 4.74 Å². The maximum absolute atomic E-state index is 6.28. The van der Waals surface area contributed by atoms with Crippen molar-refractivity contribution in [3.05, 3.63) is 18.1 Å². The monoisotopic (exact) mass is 221 g/mol. The Bertz CT molecular complexity index is 356. The van der Waals surface area contributed by atoms with Crippen LogP contribution in [-0.4, -0.2) is 17.1 Å². The lowest BCUT2D eigenvalue weighted by molar-refractivity contribution is 0.325. The summed E-state index contributed by atoms with van der Waals surface area (Å²) in [5.41, 5.74) is 7.08. The lowest BCUT2D eigenvalue weighted by Gasteiger charge is -2.23. The molecule has 2 N–H and O–H groups in total. The van der Waals surface area contributed by atoms with Crippen molar-refractivity contribution in [2.24, 2.45) is 17.6 Å². The minimum absolute atomic E-state index is 0.0545. The average Bonchev–Trinajstić information content (AvgIpc) is 2.74. The minimum atomic E-state index is -0.0545. The maximum Gasteiger partial charge on any atom is 0.236 e. The molecule has 0 radical (unpaired) electrons. The predicted molar refractivity (Wildman–Crippen MR) is 62.0 cm³/mol. The Morgan fingerprint density at radius 3 is 2.75 bits per heavy atom. The molecule has 1 heterocycles. The van der Waals surface area contributed by atoms with E-state index in [1.54, 1.807) is 19.5 Å². The SMILES string of the molecule is COc1nccnc1C(N)C1CCCC1C. The van der Waals surface area contributed by atoms with Gasteiger partial charge in [0.05, 0.1) is 13.2 Å². The number of hydrogen-bond donors (Lipinski definition) is 1. The van der Waals surface area contributed by atoms with Gasteiger partial charge in [-0.3, -0.25) is 4.98 Å². The lowest BCUT2D eigenvalue weighted by Crippen LogP contribution is -2.25. The molecule has 4 nitrogen and oxygen atoms in total. The zero-order chi connectivity index (χ0) is 11.5. The van der Waals surface area contributed by atoms with Crippen LogP contribution in [0.4, 0.5) is 0 Å². The number of rotatable bonds is 3. The molecule has 1 aliphatic carbocycles. The smallest absolute Gasteiger partial charge is 0.236 e. The topological polar surface area (TPSA) is 61.0 Å². The summed E-state index contributed by atoms with van der Waals surface area (Å²) in [5.74, 6) is 1.74. The Balaban J connectivity index is 2.22. The molecule has 0 spiro atoms. The van der Waals surface area contributed by atoms with Gasteiger partial charge in [-0.15, -0.1) is 0 Å². The quantitative estimate of drug-likeness (QED) is 0.847. The van der Waals surface area contributed by atoms with Crippen molar-refractivity contribution in [3.8, 4) is 5.88 Å². The second kappa shape index (κ2) is 4.78. The third-order valence-electron chi connectivity index (χ3n) is 3.59. The second-order valence-corrected chi connectivity index (χ2v) is 4.55. The van der Waals surface area contributed by atoms with E-state index in [1.807, 2.05) is 0 Å². The summed E-state index contributed by atoms with van der Waals surface area (Å²) in [7, 11) is 1.61. The molecule has 0 aliphatic heterocycles. The summed E-state index contributed by atoms with van der Waals surface area (Å²) in [6.45, 7) is 2.26. The van der Waals surface area contributed by atoms with Crippen LogP contribution in [0.2, 0.25) is 0 Å². The first-order valence-corrected chi connectivity index (χ1v) is 5.84. The van der Waals surface area contributed by atoms with Crippen LogP contribution in [0.15, 0.2) is 12.4 Å². The van der Waals surface area contributed by atoms with Crippen LogP contribution in [0, 0.1) is 11.8 Å². The van der Waals surface area contributed by atoms with Crippen LogP contribution in [-0.2, 0) is 0 Å². The van der Waals surface area contributed by atoms with Crippen molar-refractivity contribution in [3.63, 3.8) is 0 Å². The highest BCUT2D eigenvalue weighted by atomic mass is 16.5. The minimum Gasteiger partial charge on any atom is -0.480 e. The summed E-state index contributed by atoms with van der Waals surface area (Å²) < 4.78 is 5.21. The van der Waals surface area contributed by atoms with Gasteiger partial charge in [0.25, 0.3) is 0 Å². The molecule has 4 heteroatoms. The lowest BCUT2D eigenvalue weighted by atomic mass is 9.89. The molecule has 0 saturated heterocycles. The van der Waals surface area contributed by atoms with Crippen LogP contribution >= 0.6 is 0 Å².